The molecule has 1 aromatic heterocycles. The monoisotopic (exact) mass is 254 g/mol. The number of nitrogens with zero attached hydrogens (tertiary/aromatic N) is 1. The predicted octanol–water partition coefficient (Wildman–Crippen LogP) is 2.34. The first-order valence-electron chi connectivity index (χ1n) is 5.97. The maximum absolute atomic E-state index is 12.0. The van der Waals surface area contributed by atoms with Crippen molar-refractivity contribution in [3.63, 3.8) is 0 Å². The third kappa shape index (κ3) is 4.88. The van der Waals surface area contributed by atoms with Gasteiger partial charge in [0.1, 0.15) is 0 Å². The van der Waals surface area contributed by atoms with E-state index in [2.05, 4.69) is 30.6 Å². The Hall–Kier alpha value is -0.870. The zero-order valence-electron chi connectivity index (χ0n) is 11.1. The van der Waals surface area contributed by atoms with E-state index in [0.717, 1.165) is 13.0 Å². The molecule has 0 fully saturated rings. The van der Waals surface area contributed by atoms with Crippen molar-refractivity contribution in [3.8, 4) is 0 Å². The molecule has 0 radical (unpaired) electrons. The molecule has 96 valence electrons. The standard InChI is InChI=1S/C13H22N2OS/c1-10(2)8-12(13(16)15(3)4)14-9-11-6-5-7-17-11/h5-7,10,12,14H,8-9H2,1-4H3. The van der Waals surface area contributed by atoms with Gasteiger partial charge in [-0.2, -0.15) is 0 Å². The van der Waals surface area contributed by atoms with Crippen LogP contribution in [0.4, 0.5) is 0 Å². The molecule has 0 spiro atoms. The van der Waals surface area contributed by atoms with E-state index in [1.807, 2.05) is 20.2 Å². The largest absolute Gasteiger partial charge is 0.347 e. The van der Waals surface area contributed by atoms with Crippen molar-refractivity contribution < 1.29 is 4.79 Å². The van der Waals surface area contributed by atoms with Gasteiger partial charge in [0.2, 0.25) is 5.91 Å². The molecular formula is C13H22N2OS. The summed E-state index contributed by atoms with van der Waals surface area (Å²) in [5.74, 6) is 0.676. The summed E-state index contributed by atoms with van der Waals surface area (Å²) in [5.41, 5.74) is 0. The number of likely N-dealkylation sites (N-methyl/N-ethyl adjacent to an activating group) is 1. The van der Waals surface area contributed by atoms with Crippen LogP contribution >= 0.6 is 11.3 Å². The van der Waals surface area contributed by atoms with Crippen LogP contribution in [0.1, 0.15) is 25.1 Å². The number of carbonyl (C=O) groups is 1. The van der Waals surface area contributed by atoms with Crippen LogP contribution in [-0.2, 0) is 11.3 Å². The van der Waals surface area contributed by atoms with E-state index in [0.29, 0.717) is 5.92 Å². The molecule has 4 heteroatoms. The lowest BCUT2D eigenvalue weighted by atomic mass is 10.0. The van der Waals surface area contributed by atoms with E-state index in [1.54, 1.807) is 16.2 Å². The van der Waals surface area contributed by atoms with Gasteiger partial charge >= 0.3 is 0 Å². The third-order valence-corrected chi connectivity index (χ3v) is 3.43. The minimum absolute atomic E-state index is 0.0768. The molecule has 1 rings (SSSR count). The van der Waals surface area contributed by atoms with Crippen molar-refractivity contribution in [3.05, 3.63) is 22.4 Å². The first kappa shape index (κ1) is 14.2. The zero-order chi connectivity index (χ0) is 12.8. The quantitative estimate of drug-likeness (QED) is 0.845. The molecule has 0 saturated heterocycles. The first-order valence-corrected chi connectivity index (χ1v) is 6.85. The van der Waals surface area contributed by atoms with Gasteiger partial charge in [-0.05, 0) is 23.8 Å². The zero-order valence-corrected chi connectivity index (χ0v) is 11.9. The molecule has 1 N–H and O–H groups in total. The van der Waals surface area contributed by atoms with Crippen LogP contribution < -0.4 is 5.32 Å². The number of amides is 1. The maximum atomic E-state index is 12.0. The highest BCUT2D eigenvalue weighted by Crippen LogP contribution is 2.11. The molecule has 3 nitrogen and oxygen atoms in total. The summed E-state index contributed by atoms with van der Waals surface area (Å²) in [5, 5.41) is 5.41. The van der Waals surface area contributed by atoms with Crippen LogP contribution in [0, 0.1) is 5.92 Å². The minimum atomic E-state index is -0.0768. The molecule has 0 aromatic carbocycles. The van der Waals surface area contributed by atoms with Crippen LogP contribution in [0.2, 0.25) is 0 Å². The molecule has 1 aromatic rings. The van der Waals surface area contributed by atoms with E-state index in [4.69, 9.17) is 0 Å². The van der Waals surface area contributed by atoms with Crippen LogP contribution in [0.5, 0.6) is 0 Å². The van der Waals surface area contributed by atoms with Gasteiger partial charge in [-0.3, -0.25) is 4.79 Å². The summed E-state index contributed by atoms with van der Waals surface area (Å²) in [6.45, 7) is 5.06. The highest BCUT2D eigenvalue weighted by Gasteiger charge is 2.20. The van der Waals surface area contributed by atoms with Gasteiger partial charge in [0.15, 0.2) is 0 Å². The molecular weight excluding hydrogens is 232 g/mol. The van der Waals surface area contributed by atoms with Crippen molar-refractivity contribution in [1.82, 2.24) is 10.2 Å². The molecule has 17 heavy (non-hydrogen) atoms. The molecule has 1 atom stereocenters. The lowest BCUT2D eigenvalue weighted by Crippen LogP contribution is -2.43. The predicted molar refractivity (Wildman–Crippen MR) is 73.1 cm³/mol. The highest BCUT2D eigenvalue weighted by molar-refractivity contribution is 7.09. The Bertz CT molecular complexity index is 333. The highest BCUT2D eigenvalue weighted by atomic mass is 32.1. The lowest BCUT2D eigenvalue weighted by molar-refractivity contribution is -0.131. The molecule has 0 saturated carbocycles. The van der Waals surface area contributed by atoms with Crippen molar-refractivity contribution in [1.29, 1.82) is 0 Å². The second-order valence-corrected chi connectivity index (χ2v) is 5.91. The number of nitrogens with one attached hydrogen (secondary N) is 1. The fraction of sp³-hybridized carbons (Fsp3) is 0.615. The average molecular weight is 254 g/mol. The van der Waals surface area contributed by atoms with E-state index < -0.39 is 0 Å². The Morgan fingerprint density at radius 1 is 1.47 bits per heavy atom. The molecule has 0 aliphatic rings. The van der Waals surface area contributed by atoms with E-state index in [-0.39, 0.29) is 11.9 Å². The van der Waals surface area contributed by atoms with Crippen LogP contribution in [0.15, 0.2) is 17.5 Å². The Labute approximate surface area is 108 Å². The summed E-state index contributed by atoms with van der Waals surface area (Å²) in [4.78, 5) is 14.9. The number of hydrogen-bond donors (Lipinski definition) is 1. The van der Waals surface area contributed by atoms with Crippen LogP contribution in [0.3, 0.4) is 0 Å². The van der Waals surface area contributed by atoms with Crippen molar-refractivity contribution in [2.24, 2.45) is 5.92 Å². The van der Waals surface area contributed by atoms with Gasteiger partial charge < -0.3 is 10.2 Å². The fourth-order valence-corrected chi connectivity index (χ4v) is 2.35. The first-order chi connectivity index (χ1) is 8.00. The van der Waals surface area contributed by atoms with E-state index in [1.165, 1.54) is 4.88 Å². The van der Waals surface area contributed by atoms with E-state index in [9.17, 15) is 4.79 Å². The number of hydrogen-bond acceptors (Lipinski definition) is 3. The minimum Gasteiger partial charge on any atom is -0.347 e. The SMILES string of the molecule is CC(C)CC(NCc1cccs1)C(=O)N(C)C. The molecule has 0 bridgehead atoms. The summed E-state index contributed by atoms with van der Waals surface area (Å²) < 4.78 is 0. The van der Waals surface area contributed by atoms with Gasteiger partial charge in [0.25, 0.3) is 0 Å². The van der Waals surface area contributed by atoms with Crippen molar-refractivity contribution in [2.75, 3.05) is 14.1 Å². The topological polar surface area (TPSA) is 32.3 Å². The maximum Gasteiger partial charge on any atom is 0.239 e. The summed E-state index contributed by atoms with van der Waals surface area (Å²) >= 11 is 1.72. The molecule has 1 amide bonds. The summed E-state index contributed by atoms with van der Waals surface area (Å²) in [7, 11) is 3.62. The Balaban J connectivity index is 2.54. The van der Waals surface area contributed by atoms with Gasteiger partial charge in [-0.25, -0.2) is 0 Å². The summed E-state index contributed by atoms with van der Waals surface area (Å²) in [6, 6.07) is 4.05. The second-order valence-electron chi connectivity index (χ2n) is 4.88. The third-order valence-electron chi connectivity index (χ3n) is 2.55. The van der Waals surface area contributed by atoms with Gasteiger partial charge in [0.05, 0.1) is 6.04 Å². The van der Waals surface area contributed by atoms with Crippen LogP contribution in [0.25, 0.3) is 0 Å². The molecule has 0 aliphatic heterocycles. The van der Waals surface area contributed by atoms with E-state index >= 15 is 0 Å². The number of rotatable bonds is 6. The molecule has 0 aliphatic carbocycles. The fourth-order valence-electron chi connectivity index (χ4n) is 1.69. The van der Waals surface area contributed by atoms with Gasteiger partial charge in [-0.15, -0.1) is 11.3 Å². The second kappa shape index (κ2) is 6.77. The average Bonchev–Trinajstić information content (AvgIpc) is 2.75. The lowest BCUT2D eigenvalue weighted by Gasteiger charge is -2.23. The Kier molecular flexibility index (Phi) is 5.65. The summed E-state index contributed by atoms with van der Waals surface area (Å²) in [6.07, 6.45) is 0.877. The van der Waals surface area contributed by atoms with Crippen LogP contribution in [-0.4, -0.2) is 30.9 Å². The molecule has 1 heterocycles. The molecule has 1 unspecified atom stereocenters. The number of thiophene rings is 1. The number of carbonyl (C=O) groups excluding carboxylic acids is 1. The van der Waals surface area contributed by atoms with Crippen molar-refractivity contribution >= 4 is 17.2 Å². The van der Waals surface area contributed by atoms with Gasteiger partial charge in [0, 0.05) is 25.5 Å². The smallest absolute Gasteiger partial charge is 0.239 e. The normalized spacial score (nSPS) is 12.8. The Morgan fingerprint density at radius 2 is 2.18 bits per heavy atom. The Morgan fingerprint density at radius 3 is 2.65 bits per heavy atom. The van der Waals surface area contributed by atoms with Gasteiger partial charge in [-0.1, -0.05) is 19.9 Å². The van der Waals surface area contributed by atoms with Crippen molar-refractivity contribution in [2.45, 2.75) is 32.9 Å².